The van der Waals surface area contributed by atoms with Crippen LogP contribution >= 0.6 is 0 Å². The molecule has 0 aliphatic rings. The maximum absolute atomic E-state index is 13.0. The Morgan fingerprint density at radius 3 is 2.40 bits per heavy atom. The number of hydrogen-bond donors (Lipinski definition) is 0. The number of fused-ring (bicyclic) bond motifs is 1. The summed E-state index contributed by atoms with van der Waals surface area (Å²) in [6.45, 7) is 0. The smallest absolute Gasteiger partial charge is 0.265 e. The Kier molecular flexibility index (Phi) is 3.66. The van der Waals surface area contributed by atoms with E-state index in [4.69, 9.17) is 4.74 Å². The highest BCUT2D eigenvalue weighted by Crippen LogP contribution is 2.23. The Hall–Kier alpha value is -3.61. The van der Waals surface area contributed by atoms with Crippen LogP contribution in [0.1, 0.15) is 15.9 Å². The standard InChI is InChI=1S/C18H11FN4O2/c19-14-5-1-12(2-6-14)16(24)13-3-7-15(8-4-13)25-18-17-22-21-11-23(17)10-9-20-18/h1-11H. The maximum atomic E-state index is 13.0. The molecule has 0 radical (unpaired) electrons. The molecule has 4 rings (SSSR count). The molecular formula is C18H11FN4O2. The van der Waals surface area contributed by atoms with Gasteiger partial charge in [0.25, 0.3) is 5.88 Å². The molecule has 25 heavy (non-hydrogen) atoms. The van der Waals surface area contributed by atoms with Gasteiger partial charge in [-0.1, -0.05) is 0 Å². The van der Waals surface area contributed by atoms with Crippen LogP contribution in [0.2, 0.25) is 0 Å². The first kappa shape index (κ1) is 14.9. The minimum atomic E-state index is -0.379. The fourth-order valence-corrected chi connectivity index (χ4v) is 2.36. The van der Waals surface area contributed by atoms with Crippen LogP contribution in [-0.2, 0) is 0 Å². The Morgan fingerprint density at radius 2 is 1.68 bits per heavy atom. The third kappa shape index (κ3) is 2.94. The summed E-state index contributed by atoms with van der Waals surface area (Å²) in [6, 6.07) is 12.0. The lowest BCUT2D eigenvalue weighted by molar-refractivity contribution is 0.103. The number of ether oxygens (including phenoxy) is 1. The number of rotatable bonds is 4. The van der Waals surface area contributed by atoms with Gasteiger partial charge in [-0.25, -0.2) is 9.37 Å². The third-order valence-corrected chi connectivity index (χ3v) is 3.62. The fraction of sp³-hybridized carbons (Fsp3) is 0. The van der Waals surface area contributed by atoms with Crippen LogP contribution in [0.25, 0.3) is 5.65 Å². The van der Waals surface area contributed by atoms with Gasteiger partial charge < -0.3 is 4.74 Å². The quantitative estimate of drug-likeness (QED) is 0.536. The molecule has 4 aromatic rings. The molecule has 6 nitrogen and oxygen atoms in total. The van der Waals surface area contributed by atoms with Crippen molar-refractivity contribution >= 4 is 11.4 Å². The number of ketones is 1. The van der Waals surface area contributed by atoms with Gasteiger partial charge in [-0.2, -0.15) is 0 Å². The molecule has 0 bridgehead atoms. The normalized spacial score (nSPS) is 10.8. The van der Waals surface area contributed by atoms with Crippen molar-refractivity contribution in [3.05, 3.63) is 84.2 Å². The van der Waals surface area contributed by atoms with Crippen molar-refractivity contribution in [2.75, 3.05) is 0 Å². The average Bonchev–Trinajstić information content (AvgIpc) is 3.12. The van der Waals surface area contributed by atoms with Crippen molar-refractivity contribution in [1.29, 1.82) is 0 Å². The molecule has 0 saturated carbocycles. The second kappa shape index (κ2) is 6.12. The highest BCUT2D eigenvalue weighted by molar-refractivity contribution is 6.09. The molecule has 0 spiro atoms. The summed E-state index contributed by atoms with van der Waals surface area (Å²) in [7, 11) is 0. The van der Waals surface area contributed by atoms with E-state index in [2.05, 4.69) is 15.2 Å². The van der Waals surface area contributed by atoms with Gasteiger partial charge in [0.05, 0.1) is 0 Å². The highest BCUT2D eigenvalue weighted by atomic mass is 19.1. The van der Waals surface area contributed by atoms with E-state index in [0.717, 1.165) is 0 Å². The van der Waals surface area contributed by atoms with E-state index in [1.807, 2.05) is 0 Å². The summed E-state index contributed by atoms with van der Waals surface area (Å²) in [6.07, 6.45) is 4.85. The molecule has 122 valence electrons. The van der Waals surface area contributed by atoms with E-state index in [9.17, 15) is 9.18 Å². The molecule has 2 heterocycles. The number of carbonyl (C=O) groups is 1. The molecule has 0 amide bonds. The Morgan fingerprint density at radius 1 is 1.00 bits per heavy atom. The zero-order valence-electron chi connectivity index (χ0n) is 12.8. The van der Waals surface area contributed by atoms with Gasteiger partial charge in [-0.15, -0.1) is 10.2 Å². The largest absolute Gasteiger partial charge is 0.436 e. The first-order valence-corrected chi connectivity index (χ1v) is 7.43. The van der Waals surface area contributed by atoms with Gasteiger partial charge in [0, 0.05) is 23.5 Å². The first-order valence-electron chi connectivity index (χ1n) is 7.43. The molecule has 0 fully saturated rings. The maximum Gasteiger partial charge on any atom is 0.265 e. The predicted octanol–water partition coefficient (Wildman–Crippen LogP) is 3.29. The lowest BCUT2D eigenvalue weighted by atomic mass is 10.0. The fourth-order valence-electron chi connectivity index (χ4n) is 2.36. The second-order valence-corrected chi connectivity index (χ2v) is 5.26. The molecule has 0 saturated heterocycles. The first-order chi connectivity index (χ1) is 12.2. The van der Waals surface area contributed by atoms with Gasteiger partial charge in [0.1, 0.15) is 17.9 Å². The minimum Gasteiger partial charge on any atom is -0.436 e. The van der Waals surface area contributed by atoms with Crippen LogP contribution in [0.4, 0.5) is 4.39 Å². The van der Waals surface area contributed by atoms with E-state index in [1.54, 1.807) is 47.4 Å². The molecular weight excluding hydrogens is 323 g/mol. The number of carbonyl (C=O) groups excluding carboxylic acids is 1. The topological polar surface area (TPSA) is 69.4 Å². The van der Waals surface area contributed by atoms with Crippen LogP contribution in [0.3, 0.4) is 0 Å². The summed E-state index contributed by atoms with van der Waals surface area (Å²) in [5.41, 5.74) is 1.39. The number of benzene rings is 2. The second-order valence-electron chi connectivity index (χ2n) is 5.26. The Bertz CT molecular complexity index is 1040. The molecule has 2 aromatic carbocycles. The summed E-state index contributed by atoms with van der Waals surface area (Å²) in [5.74, 6) is 0.261. The minimum absolute atomic E-state index is 0.191. The van der Waals surface area contributed by atoms with E-state index >= 15 is 0 Å². The molecule has 0 aliphatic heterocycles. The number of hydrogen-bond acceptors (Lipinski definition) is 5. The van der Waals surface area contributed by atoms with E-state index < -0.39 is 0 Å². The van der Waals surface area contributed by atoms with Crippen LogP contribution in [0.5, 0.6) is 11.6 Å². The number of aromatic nitrogens is 4. The Labute approximate surface area is 141 Å². The van der Waals surface area contributed by atoms with Crippen molar-refractivity contribution < 1.29 is 13.9 Å². The average molecular weight is 334 g/mol. The number of halogens is 1. The third-order valence-electron chi connectivity index (χ3n) is 3.62. The Balaban J connectivity index is 1.57. The lowest BCUT2D eigenvalue weighted by Crippen LogP contribution is -2.01. The molecule has 0 N–H and O–H groups in total. The molecule has 7 heteroatoms. The van der Waals surface area contributed by atoms with Gasteiger partial charge in [0.15, 0.2) is 5.78 Å². The van der Waals surface area contributed by atoms with Crippen LogP contribution < -0.4 is 4.74 Å². The summed E-state index contributed by atoms with van der Waals surface area (Å²) in [4.78, 5) is 16.5. The summed E-state index contributed by atoms with van der Waals surface area (Å²) in [5, 5.41) is 7.75. The highest BCUT2D eigenvalue weighted by Gasteiger charge is 2.11. The van der Waals surface area contributed by atoms with E-state index in [1.165, 1.54) is 24.3 Å². The summed E-state index contributed by atoms with van der Waals surface area (Å²) >= 11 is 0. The predicted molar refractivity (Wildman–Crippen MR) is 87.1 cm³/mol. The van der Waals surface area contributed by atoms with Gasteiger partial charge in [-0.05, 0) is 48.5 Å². The van der Waals surface area contributed by atoms with Crippen molar-refractivity contribution in [2.45, 2.75) is 0 Å². The van der Waals surface area contributed by atoms with E-state index in [0.29, 0.717) is 28.4 Å². The molecule has 0 aliphatic carbocycles. The van der Waals surface area contributed by atoms with Crippen molar-refractivity contribution in [2.24, 2.45) is 0 Å². The van der Waals surface area contributed by atoms with Crippen LogP contribution in [0.15, 0.2) is 67.3 Å². The zero-order valence-corrected chi connectivity index (χ0v) is 12.8. The van der Waals surface area contributed by atoms with Gasteiger partial charge in [0.2, 0.25) is 5.65 Å². The number of nitrogens with zero attached hydrogens (tertiary/aromatic N) is 4. The molecule has 2 aromatic heterocycles. The monoisotopic (exact) mass is 334 g/mol. The summed E-state index contributed by atoms with van der Waals surface area (Å²) < 4.78 is 20.4. The molecule has 0 unspecified atom stereocenters. The van der Waals surface area contributed by atoms with Crippen LogP contribution in [-0.4, -0.2) is 25.4 Å². The molecule has 0 atom stereocenters. The zero-order chi connectivity index (χ0) is 17.2. The lowest BCUT2D eigenvalue weighted by Gasteiger charge is -2.06. The van der Waals surface area contributed by atoms with Crippen molar-refractivity contribution in [3.8, 4) is 11.6 Å². The van der Waals surface area contributed by atoms with E-state index in [-0.39, 0.29) is 11.6 Å². The SMILES string of the molecule is O=C(c1ccc(F)cc1)c1ccc(Oc2nccn3cnnc23)cc1. The van der Waals surface area contributed by atoms with Gasteiger partial charge >= 0.3 is 0 Å². The van der Waals surface area contributed by atoms with Crippen molar-refractivity contribution in [3.63, 3.8) is 0 Å². The van der Waals surface area contributed by atoms with Crippen LogP contribution in [0, 0.1) is 5.82 Å². The van der Waals surface area contributed by atoms with Crippen molar-refractivity contribution in [1.82, 2.24) is 19.6 Å². The van der Waals surface area contributed by atoms with Gasteiger partial charge in [-0.3, -0.25) is 9.20 Å².